The summed E-state index contributed by atoms with van der Waals surface area (Å²) < 4.78 is 33.2. The fourth-order valence-corrected chi connectivity index (χ4v) is 8.21. The third-order valence-corrected chi connectivity index (χ3v) is 10.4. The number of anilines is 1. The zero-order valence-electron chi connectivity index (χ0n) is 22.7. The van der Waals surface area contributed by atoms with Crippen molar-refractivity contribution in [3.05, 3.63) is 82.5 Å². The number of esters is 1. The average molecular weight is 611 g/mol. The van der Waals surface area contributed by atoms with Crippen LogP contribution < -0.4 is 5.32 Å². The van der Waals surface area contributed by atoms with E-state index in [1.54, 1.807) is 41.8 Å². The highest BCUT2D eigenvalue weighted by atomic mass is 32.2. The average Bonchev–Trinajstić information content (AvgIpc) is 3.52. The molecule has 2 heterocycles. The largest absolute Gasteiger partial charge is 0.462 e. The van der Waals surface area contributed by atoms with E-state index in [2.05, 4.69) is 22.4 Å². The molecule has 1 aliphatic carbocycles. The van der Waals surface area contributed by atoms with Crippen LogP contribution in [0.15, 0.2) is 70.7 Å². The molecule has 1 atom stereocenters. The predicted molar refractivity (Wildman–Crippen MR) is 160 cm³/mol. The minimum Gasteiger partial charge on any atom is -0.462 e. The fraction of sp³-hybridized carbons (Fsp3) is 0.310. The van der Waals surface area contributed by atoms with Gasteiger partial charge in [0.05, 0.1) is 22.8 Å². The van der Waals surface area contributed by atoms with Crippen molar-refractivity contribution in [1.29, 1.82) is 0 Å². The Balaban J connectivity index is 1.37. The van der Waals surface area contributed by atoms with E-state index >= 15 is 0 Å². The molecule has 0 fully saturated rings. The number of para-hydroxylation sites is 1. The number of carbonyl (C=O) groups excluding carboxylic acids is 2. The van der Waals surface area contributed by atoms with E-state index in [0.717, 1.165) is 41.5 Å². The number of ether oxygens (including phenoxy) is 1. The molecule has 0 saturated heterocycles. The molecule has 214 valence electrons. The number of hydrogen-bond acceptors (Lipinski definition) is 9. The summed E-state index contributed by atoms with van der Waals surface area (Å²) in [5.41, 5.74) is 2.11. The van der Waals surface area contributed by atoms with Gasteiger partial charge in [0.15, 0.2) is 20.8 Å². The van der Waals surface area contributed by atoms with Crippen molar-refractivity contribution in [3.63, 3.8) is 0 Å². The lowest BCUT2D eigenvalue weighted by atomic mass is 9.88. The Morgan fingerprint density at radius 3 is 2.51 bits per heavy atom. The fourth-order valence-electron chi connectivity index (χ4n) is 4.76. The summed E-state index contributed by atoms with van der Waals surface area (Å²) in [5.74, 6) is -0.346. The van der Waals surface area contributed by atoms with Gasteiger partial charge in [0.2, 0.25) is 5.91 Å². The van der Waals surface area contributed by atoms with Crippen molar-refractivity contribution in [2.24, 2.45) is 5.92 Å². The van der Waals surface area contributed by atoms with Gasteiger partial charge in [0, 0.05) is 10.6 Å². The summed E-state index contributed by atoms with van der Waals surface area (Å²) in [4.78, 5) is 27.3. The first-order chi connectivity index (χ1) is 19.8. The lowest BCUT2D eigenvalue weighted by Crippen LogP contribution is -2.18. The highest BCUT2D eigenvalue weighted by Gasteiger charge is 2.29. The number of thiophene rings is 1. The minimum atomic E-state index is -3.68. The summed E-state index contributed by atoms with van der Waals surface area (Å²) in [6.45, 7) is 4.19. The number of benzene rings is 2. The SMILES string of the molecule is CCOC(=O)c1c(NC(=O)CSc2nnc(CS(=O)(=O)c3ccccc3)n2-c2ccccc2)sc2c1CCC(C)C2. The van der Waals surface area contributed by atoms with Crippen LogP contribution in [0.2, 0.25) is 0 Å². The maximum atomic E-state index is 13.1. The molecule has 0 bridgehead atoms. The number of aromatic nitrogens is 3. The second-order valence-corrected chi connectivity index (χ2v) is 13.8. The van der Waals surface area contributed by atoms with Crippen molar-refractivity contribution in [2.75, 3.05) is 17.7 Å². The Labute approximate surface area is 247 Å². The Kier molecular flexibility index (Phi) is 8.91. The van der Waals surface area contributed by atoms with Crippen molar-refractivity contribution < 1.29 is 22.7 Å². The zero-order valence-corrected chi connectivity index (χ0v) is 25.2. The predicted octanol–water partition coefficient (Wildman–Crippen LogP) is 5.34. The minimum absolute atomic E-state index is 0.0162. The molecule has 1 amide bonds. The summed E-state index contributed by atoms with van der Waals surface area (Å²) >= 11 is 2.58. The van der Waals surface area contributed by atoms with Gasteiger partial charge in [-0.1, -0.05) is 55.1 Å². The first-order valence-electron chi connectivity index (χ1n) is 13.3. The van der Waals surface area contributed by atoms with Crippen LogP contribution in [0.5, 0.6) is 0 Å². The Morgan fingerprint density at radius 1 is 1.10 bits per heavy atom. The van der Waals surface area contributed by atoms with Gasteiger partial charge in [-0.25, -0.2) is 13.2 Å². The molecule has 2 aromatic heterocycles. The molecule has 2 aromatic carbocycles. The smallest absolute Gasteiger partial charge is 0.341 e. The van der Waals surface area contributed by atoms with Crippen LogP contribution in [0.3, 0.4) is 0 Å². The molecule has 0 spiro atoms. The molecule has 1 unspecified atom stereocenters. The molecule has 1 aliphatic rings. The van der Waals surface area contributed by atoms with Crippen LogP contribution in [-0.4, -0.2) is 47.4 Å². The van der Waals surface area contributed by atoms with Gasteiger partial charge in [-0.05, 0) is 61.9 Å². The van der Waals surface area contributed by atoms with E-state index in [1.807, 2.05) is 30.3 Å². The van der Waals surface area contributed by atoms with Crippen molar-refractivity contribution >= 4 is 49.8 Å². The van der Waals surface area contributed by atoms with Gasteiger partial charge < -0.3 is 10.1 Å². The third-order valence-electron chi connectivity index (χ3n) is 6.71. The number of hydrogen-bond donors (Lipinski definition) is 1. The lowest BCUT2D eigenvalue weighted by Gasteiger charge is -2.18. The number of fused-ring (bicyclic) bond motifs is 1. The molecular formula is C29H30N4O5S3. The van der Waals surface area contributed by atoms with Gasteiger partial charge in [0.1, 0.15) is 10.8 Å². The zero-order chi connectivity index (χ0) is 29.0. The molecule has 4 aromatic rings. The second kappa shape index (κ2) is 12.6. The summed E-state index contributed by atoms with van der Waals surface area (Å²) in [5, 5.41) is 12.3. The maximum Gasteiger partial charge on any atom is 0.341 e. The van der Waals surface area contributed by atoms with E-state index in [-0.39, 0.29) is 34.7 Å². The van der Waals surface area contributed by atoms with Crippen LogP contribution in [0.1, 0.15) is 46.9 Å². The molecular weight excluding hydrogens is 581 g/mol. The lowest BCUT2D eigenvalue weighted by molar-refractivity contribution is -0.113. The molecule has 12 heteroatoms. The number of nitrogens with zero attached hydrogens (tertiary/aromatic N) is 3. The van der Waals surface area contributed by atoms with Crippen molar-refractivity contribution in [3.8, 4) is 5.69 Å². The van der Waals surface area contributed by atoms with Crippen LogP contribution in [0, 0.1) is 5.92 Å². The first kappa shape index (κ1) is 29.0. The monoisotopic (exact) mass is 610 g/mol. The van der Waals surface area contributed by atoms with Crippen LogP contribution in [0.4, 0.5) is 5.00 Å². The van der Waals surface area contributed by atoms with Crippen LogP contribution >= 0.6 is 23.1 Å². The quantitative estimate of drug-likeness (QED) is 0.189. The van der Waals surface area contributed by atoms with Gasteiger partial charge in [-0.15, -0.1) is 21.5 Å². The highest BCUT2D eigenvalue weighted by molar-refractivity contribution is 7.99. The van der Waals surface area contributed by atoms with Crippen LogP contribution in [-0.2, 0) is 38.0 Å². The Morgan fingerprint density at radius 2 is 1.80 bits per heavy atom. The number of amides is 1. The normalized spacial score (nSPS) is 14.8. The number of rotatable bonds is 10. The Bertz CT molecular complexity index is 1650. The number of carbonyl (C=O) groups is 2. The summed E-state index contributed by atoms with van der Waals surface area (Å²) in [7, 11) is -3.68. The van der Waals surface area contributed by atoms with Crippen molar-refractivity contribution in [1.82, 2.24) is 14.8 Å². The molecule has 41 heavy (non-hydrogen) atoms. The van der Waals surface area contributed by atoms with Crippen LogP contribution in [0.25, 0.3) is 5.69 Å². The second-order valence-electron chi connectivity index (χ2n) is 9.76. The summed E-state index contributed by atoms with van der Waals surface area (Å²) in [6.07, 6.45) is 2.63. The first-order valence-corrected chi connectivity index (χ1v) is 16.7. The molecule has 0 radical (unpaired) electrons. The number of thioether (sulfide) groups is 1. The maximum absolute atomic E-state index is 13.1. The van der Waals surface area contributed by atoms with Gasteiger partial charge in [-0.2, -0.15) is 0 Å². The van der Waals surface area contributed by atoms with Crippen molar-refractivity contribution in [2.45, 2.75) is 48.9 Å². The molecule has 0 aliphatic heterocycles. The van der Waals surface area contributed by atoms with E-state index in [0.29, 0.717) is 27.3 Å². The summed E-state index contributed by atoms with van der Waals surface area (Å²) in [6, 6.07) is 17.4. The number of sulfone groups is 1. The highest BCUT2D eigenvalue weighted by Crippen LogP contribution is 2.40. The van der Waals surface area contributed by atoms with E-state index < -0.39 is 15.8 Å². The van der Waals surface area contributed by atoms with E-state index in [9.17, 15) is 18.0 Å². The molecule has 0 saturated carbocycles. The topological polar surface area (TPSA) is 120 Å². The third kappa shape index (κ3) is 6.55. The molecule has 5 rings (SSSR count). The molecule has 1 N–H and O–H groups in total. The standard InChI is InChI=1S/C29H30N4O5S3/c1-3-38-28(35)26-22-15-14-19(2)16-23(22)40-27(26)30-25(34)17-39-29-32-31-24(33(29)20-10-6-4-7-11-20)18-41(36,37)21-12-8-5-9-13-21/h4-13,19H,3,14-18H2,1-2H3,(H,30,34). The Hall–Kier alpha value is -3.48. The van der Waals surface area contributed by atoms with Gasteiger partial charge >= 0.3 is 5.97 Å². The van der Waals surface area contributed by atoms with E-state index in [4.69, 9.17) is 4.74 Å². The number of nitrogens with one attached hydrogen (secondary N) is 1. The van der Waals surface area contributed by atoms with Gasteiger partial charge in [0.25, 0.3) is 0 Å². The van der Waals surface area contributed by atoms with Gasteiger partial charge in [-0.3, -0.25) is 9.36 Å². The van der Waals surface area contributed by atoms with E-state index in [1.165, 1.54) is 11.3 Å². The molecule has 9 nitrogen and oxygen atoms in total.